The van der Waals surface area contributed by atoms with Crippen molar-refractivity contribution in [2.24, 2.45) is 0 Å². The fourth-order valence-corrected chi connectivity index (χ4v) is 18.5. The van der Waals surface area contributed by atoms with Crippen LogP contribution in [-0.4, -0.2) is 16.1 Å². The molecule has 57 heavy (non-hydrogen) atoms. The third-order valence-electron chi connectivity index (χ3n) is 12.5. The van der Waals surface area contributed by atoms with Gasteiger partial charge in [-0.05, 0) is 116 Å². The SMILES string of the molecule is C[Si]1(C)c2cc(N(c3ccccc3)c3ccccc3)ccc2-c2c1c1c(c3c2oc2ccccc23)-c2ccc(N(c3ccccc3)c3ccccc3)cc2[Si]1(C)C. The van der Waals surface area contributed by atoms with Gasteiger partial charge < -0.3 is 14.2 Å². The van der Waals surface area contributed by atoms with Crippen molar-refractivity contribution in [3.63, 3.8) is 0 Å². The first kappa shape index (κ1) is 33.9. The van der Waals surface area contributed by atoms with Gasteiger partial charge in [-0.1, -0.05) is 129 Å². The van der Waals surface area contributed by atoms with E-state index in [1.807, 2.05) is 0 Å². The number of furan rings is 1. The smallest absolute Gasteiger partial charge is 0.143 e. The van der Waals surface area contributed by atoms with Crippen LogP contribution in [0, 0.1) is 0 Å². The zero-order chi connectivity index (χ0) is 38.5. The van der Waals surface area contributed by atoms with Gasteiger partial charge in [0.2, 0.25) is 0 Å². The quantitative estimate of drug-likeness (QED) is 0.157. The average Bonchev–Trinajstić information content (AvgIpc) is 3.82. The Morgan fingerprint density at radius 3 is 1.23 bits per heavy atom. The molecule has 8 aromatic carbocycles. The molecule has 0 amide bonds. The van der Waals surface area contributed by atoms with E-state index in [0.29, 0.717) is 0 Å². The maximum Gasteiger partial charge on any atom is 0.143 e. The largest absolute Gasteiger partial charge is 0.455 e. The van der Waals surface area contributed by atoms with E-state index in [0.717, 1.165) is 33.9 Å². The van der Waals surface area contributed by atoms with Crippen LogP contribution in [0.3, 0.4) is 0 Å². The van der Waals surface area contributed by atoms with Crippen LogP contribution >= 0.6 is 0 Å². The Bertz CT molecular complexity index is 2930. The van der Waals surface area contributed by atoms with Gasteiger partial charge >= 0.3 is 0 Å². The number of nitrogens with zero attached hydrogens (tertiary/aromatic N) is 2. The fourth-order valence-electron chi connectivity index (χ4n) is 10.0. The Kier molecular flexibility index (Phi) is 7.46. The lowest BCUT2D eigenvalue weighted by Crippen LogP contribution is -2.63. The highest BCUT2D eigenvalue weighted by Crippen LogP contribution is 2.47. The van der Waals surface area contributed by atoms with Crippen molar-refractivity contribution in [1.29, 1.82) is 0 Å². The van der Waals surface area contributed by atoms with Crippen LogP contribution in [0.4, 0.5) is 34.1 Å². The summed E-state index contributed by atoms with van der Waals surface area (Å²) in [4.78, 5) is 4.80. The number of benzene rings is 8. The van der Waals surface area contributed by atoms with Crippen molar-refractivity contribution in [2.45, 2.75) is 26.2 Å². The summed E-state index contributed by atoms with van der Waals surface area (Å²) in [6, 6.07) is 66.3. The van der Waals surface area contributed by atoms with E-state index < -0.39 is 16.1 Å². The molecule has 0 fully saturated rings. The molecule has 5 heteroatoms. The lowest BCUT2D eigenvalue weighted by atomic mass is 9.94. The molecule has 0 saturated carbocycles. The molecular formula is C52H42N2OSi2. The molecule has 0 unspecified atom stereocenters. The summed E-state index contributed by atoms with van der Waals surface area (Å²) in [7, 11) is -4.62. The van der Waals surface area contributed by atoms with Crippen molar-refractivity contribution in [1.82, 2.24) is 0 Å². The molecule has 0 aliphatic carbocycles. The molecule has 0 radical (unpaired) electrons. The van der Waals surface area contributed by atoms with Crippen molar-refractivity contribution in [3.05, 3.63) is 182 Å². The molecule has 0 saturated heterocycles. The summed E-state index contributed by atoms with van der Waals surface area (Å²) in [5.74, 6) is 0. The minimum absolute atomic E-state index is 0.954. The van der Waals surface area contributed by atoms with Crippen LogP contribution in [0.2, 0.25) is 26.2 Å². The van der Waals surface area contributed by atoms with E-state index in [1.165, 1.54) is 54.8 Å². The molecule has 0 bridgehead atoms. The van der Waals surface area contributed by atoms with Crippen molar-refractivity contribution >= 4 is 93.0 Å². The molecule has 2 aliphatic rings. The van der Waals surface area contributed by atoms with Gasteiger partial charge in [0.05, 0.1) is 0 Å². The van der Waals surface area contributed by atoms with Crippen LogP contribution in [0.25, 0.3) is 44.2 Å². The van der Waals surface area contributed by atoms with E-state index in [4.69, 9.17) is 4.42 Å². The Morgan fingerprint density at radius 2 is 0.772 bits per heavy atom. The van der Waals surface area contributed by atoms with Crippen LogP contribution in [0.15, 0.2) is 186 Å². The molecule has 274 valence electrons. The van der Waals surface area contributed by atoms with Gasteiger partial charge in [0.1, 0.15) is 27.3 Å². The van der Waals surface area contributed by atoms with Gasteiger partial charge in [-0.25, -0.2) is 0 Å². The Balaban J connectivity index is 1.16. The van der Waals surface area contributed by atoms with Gasteiger partial charge in [-0.3, -0.25) is 0 Å². The number of para-hydroxylation sites is 5. The van der Waals surface area contributed by atoms with E-state index in [1.54, 1.807) is 10.4 Å². The molecule has 11 rings (SSSR count). The van der Waals surface area contributed by atoms with Gasteiger partial charge in [-0.2, -0.15) is 0 Å². The van der Waals surface area contributed by atoms with Crippen molar-refractivity contribution in [3.8, 4) is 22.3 Å². The van der Waals surface area contributed by atoms with Crippen molar-refractivity contribution in [2.75, 3.05) is 9.80 Å². The third-order valence-corrected chi connectivity index (χ3v) is 19.8. The van der Waals surface area contributed by atoms with Gasteiger partial charge in [0, 0.05) is 50.5 Å². The van der Waals surface area contributed by atoms with E-state index in [-0.39, 0.29) is 0 Å². The molecule has 1 aromatic heterocycles. The van der Waals surface area contributed by atoms with Crippen molar-refractivity contribution < 1.29 is 4.42 Å². The predicted molar refractivity (Wildman–Crippen MR) is 247 cm³/mol. The number of anilines is 6. The summed E-state index contributed by atoms with van der Waals surface area (Å²) in [5, 5.41) is 8.61. The van der Waals surface area contributed by atoms with E-state index in [9.17, 15) is 0 Å². The second-order valence-electron chi connectivity index (χ2n) is 16.5. The molecule has 2 aliphatic heterocycles. The zero-order valence-electron chi connectivity index (χ0n) is 32.6. The zero-order valence-corrected chi connectivity index (χ0v) is 34.6. The first-order chi connectivity index (χ1) is 27.8. The minimum atomic E-state index is -2.31. The van der Waals surface area contributed by atoms with Crippen LogP contribution < -0.4 is 30.5 Å². The molecule has 0 atom stereocenters. The van der Waals surface area contributed by atoms with Crippen LogP contribution in [0.1, 0.15) is 0 Å². The summed E-state index contributed by atoms with van der Waals surface area (Å²) >= 11 is 0. The first-order valence-electron chi connectivity index (χ1n) is 19.9. The lowest BCUT2D eigenvalue weighted by Gasteiger charge is -2.30. The average molecular weight is 767 g/mol. The summed E-state index contributed by atoms with van der Waals surface area (Å²) in [5.41, 5.74) is 14.4. The fraction of sp³-hybridized carbons (Fsp3) is 0.0769. The predicted octanol–water partition coefficient (Wildman–Crippen LogP) is 12.1. The second-order valence-corrected chi connectivity index (χ2v) is 25.1. The molecule has 9 aromatic rings. The summed E-state index contributed by atoms with van der Waals surface area (Å²) < 4.78 is 7.07. The number of fused-ring (bicyclic) bond motifs is 12. The monoisotopic (exact) mass is 766 g/mol. The molecular weight excluding hydrogens is 725 g/mol. The Morgan fingerprint density at radius 1 is 0.386 bits per heavy atom. The number of hydrogen-bond acceptors (Lipinski definition) is 3. The van der Waals surface area contributed by atoms with Crippen LogP contribution in [-0.2, 0) is 0 Å². The second kappa shape index (κ2) is 12.6. The highest BCUT2D eigenvalue weighted by molar-refractivity contribution is 7.13. The Labute approximate surface area is 336 Å². The minimum Gasteiger partial charge on any atom is -0.455 e. The highest BCUT2D eigenvalue weighted by Gasteiger charge is 2.50. The number of rotatable bonds is 6. The third kappa shape index (κ3) is 4.95. The standard InChI is InChI=1S/C52H42N2OSi2/c1-56(2)45-33-39(53(35-19-9-5-10-20-35)36-21-11-6-12-22-36)29-31-42(45)48-47-41-27-17-18-28-44(41)55-50(47)49-43-32-30-40(34-46(43)57(3,4)52(49)51(48)56)54(37-23-13-7-14-24-37)38-25-15-8-16-26-38/h5-34H,1-4H3. The van der Waals surface area contributed by atoms with E-state index in [2.05, 4.69) is 218 Å². The van der Waals surface area contributed by atoms with Gasteiger partial charge in [0.15, 0.2) is 0 Å². The topological polar surface area (TPSA) is 19.6 Å². The number of hydrogen-bond donors (Lipinski definition) is 0. The molecule has 0 spiro atoms. The summed E-state index contributed by atoms with van der Waals surface area (Å²) in [6.07, 6.45) is 0. The molecule has 3 nitrogen and oxygen atoms in total. The maximum absolute atomic E-state index is 7.07. The molecule has 0 N–H and O–H groups in total. The normalized spacial score (nSPS) is 14.2. The highest BCUT2D eigenvalue weighted by atomic mass is 28.3. The van der Waals surface area contributed by atoms with Crippen LogP contribution in [0.5, 0.6) is 0 Å². The summed E-state index contributed by atoms with van der Waals surface area (Å²) in [6.45, 7) is 10.3. The Hall–Kier alpha value is -6.41. The molecule has 3 heterocycles. The van der Waals surface area contributed by atoms with Gasteiger partial charge in [-0.15, -0.1) is 0 Å². The lowest BCUT2D eigenvalue weighted by molar-refractivity contribution is 0.670. The first-order valence-corrected chi connectivity index (χ1v) is 25.9. The van der Waals surface area contributed by atoms with E-state index >= 15 is 0 Å². The maximum atomic E-state index is 7.07. The van der Waals surface area contributed by atoms with Gasteiger partial charge in [0.25, 0.3) is 0 Å².